The van der Waals surface area contributed by atoms with Crippen LogP contribution in [0.1, 0.15) is 5.76 Å². The van der Waals surface area contributed by atoms with Crippen LogP contribution >= 0.6 is 0 Å². The molecule has 1 aromatic heterocycles. The van der Waals surface area contributed by atoms with Gasteiger partial charge < -0.3 is 14.6 Å². The summed E-state index contributed by atoms with van der Waals surface area (Å²) in [6.07, 6.45) is -1.52. The summed E-state index contributed by atoms with van der Waals surface area (Å²) < 4.78 is 4.97. The van der Waals surface area contributed by atoms with Gasteiger partial charge in [-0.15, -0.1) is 0 Å². The Morgan fingerprint density at radius 2 is 2.06 bits per heavy atom. The number of hydrogen-bond donors (Lipinski definition) is 2. The predicted molar refractivity (Wildman–Crippen MR) is 52.7 cm³/mol. The van der Waals surface area contributed by atoms with Gasteiger partial charge in [-0.25, -0.2) is 0 Å². The SMILES string of the molecule is O=[N+]([O-])c1ccc(CN2CC(O)C(O)C2)o1. The minimum absolute atomic E-state index is 0.296. The molecule has 2 N–H and O–H groups in total. The molecule has 2 unspecified atom stereocenters. The first-order valence-corrected chi connectivity index (χ1v) is 4.88. The lowest BCUT2D eigenvalue weighted by Crippen LogP contribution is -2.22. The van der Waals surface area contributed by atoms with Crippen molar-refractivity contribution in [2.45, 2.75) is 18.8 Å². The first kappa shape index (κ1) is 11.1. The molecule has 2 atom stereocenters. The first-order chi connectivity index (χ1) is 7.56. The standard InChI is InChI=1S/C9H12N2O5/c12-7-4-10(5-8(7)13)3-6-1-2-9(16-6)11(14)15/h1-2,7-8,12-13H,3-5H2. The summed E-state index contributed by atoms with van der Waals surface area (Å²) in [5, 5.41) is 29.0. The third kappa shape index (κ3) is 2.21. The Morgan fingerprint density at radius 3 is 2.56 bits per heavy atom. The highest BCUT2D eigenvalue weighted by atomic mass is 16.6. The Bertz CT molecular complexity index is 381. The highest BCUT2D eigenvalue weighted by Crippen LogP contribution is 2.19. The molecule has 2 rings (SSSR count). The third-order valence-corrected chi connectivity index (χ3v) is 2.54. The molecule has 1 aliphatic rings. The van der Waals surface area contributed by atoms with Crippen LogP contribution in [0, 0.1) is 10.1 Å². The molecular weight excluding hydrogens is 216 g/mol. The van der Waals surface area contributed by atoms with Crippen LogP contribution in [0.5, 0.6) is 0 Å². The quantitative estimate of drug-likeness (QED) is 0.545. The van der Waals surface area contributed by atoms with E-state index < -0.39 is 17.1 Å². The molecule has 7 nitrogen and oxygen atoms in total. The van der Waals surface area contributed by atoms with E-state index in [9.17, 15) is 20.3 Å². The molecule has 16 heavy (non-hydrogen) atoms. The lowest BCUT2D eigenvalue weighted by atomic mass is 10.3. The van der Waals surface area contributed by atoms with E-state index in [2.05, 4.69) is 0 Å². The molecule has 2 heterocycles. The summed E-state index contributed by atoms with van der Waals surface area (Å²) in [5.41, 5.74) is 0. The summed E-state index contributed by atoms with van der Waals surface area (Å²) in [7, 11) is 0. The Labute approximate surface area is 91.0 Å². The molecule has 1 saturated heterocycles. The van der Waals surface area contributed by atoms with Gasteiger partial charge in [0.1, 0.15) is 10.7 Å². The zero-order valence-corrected chi connectivity index (χ0v) is 8.44. The highest BCUT2D eigenvalue weighted by molar-refractivity contribution is 5.17. The van der Waals surface area contributed by atoms with Crippen molar-refractivity contribution in [1.82, 2.24) is 4.90 Å². The van der Waals surface area contributed by atoms with Crippen LogP contribution in [0.2, 0.25) is 0 Å². The van der Waals surface area contributed by atoms with Crippen molar-refractivity contribution in [1.29, 1.82) is 0 Å². The maximum Gasteiger partial charge on any atom is 0.433 e. The lowest BCUT2D eigenvalue weighted by molar-refractivity contribution is -0.402. The van der Waals surface area contributed by atoms with Crippen molar-refractivity contribution < 1.29 is 19.6 Å². The van der Waals surface area contributed by atoms with E-state index >= 15 is 0 Å². The van der Waals surface area contributed by atoms with Crippen molar-refractivity contribution in [2.24, 2.45) is 0 Å². The average Bonchev–Trinajstić information content (AvgIpc) is 2.76. The van der Waals surface area contributed by atoms with Crippen molar-refractivity contribution >= 4 is 5.88 Å². The summed E-state index contributed by atoms with van der Waals surface area (Å²) in [6.45, 7) is 1.04. The molecule has 88 valence electrons. The van der Waals surface area contributed by atoms with Crippen LogP contribution in [-0.4, -0.2) is 45.3 Å². The zero-order chi connectivity index (χ0) is 11.7. The predicted octanol–water partition coefficient (Wildman–Crippen LogP) is -0.275. The number of furan rings is 1. The van der Waals surface area contributed by atoms with Crippen LogP contribution in [0.4, 0.5) is 5.88 Å². The highest BCUT2D eigenvalue weighted by Gasteiger charge is 2.30. The van der Waals surface area contributed by atoms with E-state index in [1.165, 1.54) is 12.1 Å². The van der Waals surface area contributed by atoms with Crippen LogP contribution in [0.15, 0.2) is 16.5 Å². The molecule has 1 aromatic rings. The average molecular weight is 228 g/mol. The lowest BCUT2D eigenvalue weighted by Gasteiger charge is -2.11. The molecular formula is C9H12N2O5. The van der Waals surface area contributed by atoms with E-state index in [4.69, 9.17) is 4.42 Å². The van der Waals surface area contributed by atoms with Gasteiger partial charge in [0.25, 0.3) is 0 Å². The van der Waals surface area contributed by atoms with Crippen LogP contribution in [-0.2, 0) is 6.54 Å². The fraction of sp³-hybridized carbons (Fsp3) is 0.556. The van der Waals surface area contributed by atoms with Crippen LogP contribution in [0.3, 0.4) is 0 Å². The van der Waals surface area contributed by atoms with Gasteiger partial charge in [-0.1, -0.05) is 0 Å². The van der Waals surface area contributed by atoms with Crippen molar-refractivity contribution in [3.05, 3.63) is 28.0 Å². The molecule has 7 heteroatoms. The van der Waals surface area contributed by atoms with E-state index in [0.717, 1.165) is 0 Å². The summed E-state index contributed by atoms with van der Waals surface area (Å²) in [6, 6.07) is 2.81. The minimum Gasteiger partial charge on any atom is -0.404 e. The maximum absolute atomic E-state index is 10.4. The molecule has 0 radical (unpaired) electrons. The van der Waals surface area contributed by atoms with Gasteiger partial charge in [0, 0.05) is 13.1 Å². The monoisotopic (exact) mass is 228 g/mol. The summed E-state index contributed by atoms with van der Waals surface area (Å²) >= 11 is 0. The largest absolute Gasteiger partial charge is 0.433 e. The van der Waals surface area contributed by atoms with Crippen molar-refractivity contribution in [3.63, 3.8) is 0 Å². The number of nitrogens with zero attached hydrogens (tertiary/aromatic N) is 2. The topological polar surface area (TPSA) is 100.0 Å². The fourth-order valence-electron chi connectivity index (χ4n) is 1.75. The number of nitro groups is 1. The fourth-order valence-corrected chi connectivity index (χ4v) is 1.75. The smallest absolute Gasteiger partial charge is 0.404 e. The molecule has 0 saturated carbocycles. The molecule has 0 spiro atoms. The zero-order valence-electron chi connectivity index (χ0n) is 8.44. The number of aliphatic hydroxyl groups is 2. The van der Waals surface area contributed by atoms with E-state index in [-0.39, 0.29) is 5.88 Å². The van der Waals surface area contributed by atoms with Gasteiger partial charge in [0.05, 0.1) is 24.8 Å². The Kier molecular flexibility index (Phi) is 2.90. The van der Waals surface area contributed by atoms with Crippen molar-refractivity contribution in [3.8, 4) is 0 Å². The van der Waals surface area contributed by atoms with Gasteiger partial charge >= 0.3 is 5.88 Å². The molecule has 0 bridgehead atoms. The second-order valence-electron chi connectivity index (χ2n) is 3.83. The van der Waals surface area contributed by atoms with Crippen LogP contribution in [0.25, 0.3) is 0 Å². The van der Waals surface area contributed by atoms with Crippen LogP contribution < -0.4 is 0 Å². The maximum atomic E-state index is 10.4. The van der Waals surface area contributed by atoms with Gasteiger partial charge in [0.2, 0.25) is 0 Å². The molecule has 0 aliphatic carbocycles. The Morgan fingerprint density at radius 1 is 1.44 bits per heavy atom. The van der Waals surface area contributed by atoms with Gasteiger partial charge in [-0.2, -0.15) is 0 Å². The normalized spacial score (nSPS) is 26.1. The van der Waals surface area contributed by atoms with Gasteiger partial charge in [0.15, 0.2) is 0 Å². The summed E-state index contributed by atoms with van der Waals surface area (Å²) in [4.78, 5) is 11.5. The second kappa shape index (κ2) is 4.20. The first-order valence-electron chi connectivity index (χ1n) is 4.88. The molecule has 1 fully saturated rings. The number of hydrogen-bond acceptors (Lipinski definition) is 6. The second-order valence-corrected chi connectivity index (χ2v) is 3.83. The minimum atomic E-state index is -0.759. The van der Waals surface area contributed by atoms with Gasteiger partial charge in [-0.3, -0.25) is 15.0 Å². The Balaban J connectivity index is 1.97. The van der Waals surface area contributed by atoms with E-state index in [1.54, 1.807) is 4.90 Å². The van der Waals surface area contributed by atoms with E-state index in [0.29, 0.717) is 25.4 Å². The van der Waals surface area contributed by atoms with Gasteiger partial charge in [-0.05, 0) is 6.07 Å². The third-order valence-electron chi connectivity index (χ3n) is 2.54. The summed E-state index contributed by atoms with van der Waals surface area (Å²) in [5.74, 6) is 0.156. The van der Waals surface area contributed by atoms with E-state index in [1.807, 2.05) is 0 Å². The molecule has 1 aliphatic heterocycles. The molecule has 0 amide bonds. The number of likely N-dealkylation sites (tertiary alicyclic amines) is 1. The van der Waals surface area contributed by atoms with Crippen molar-refractivity contribution in [2.75, 3.05) is 13.1 Å². The Hall–Kier alpha value is -1.44. The number of β-amino-alcohol motifs (C(OH)–C–C–N with tert-alkyl or cyclic N) is 2. The number of rotatable bonds is 3. The molecule has 0 aromatic carbocycles. The number of aliphatic hydroxyl groups excluding tert-OH is 2.